The van der Waals surface area contributed by atoms with Crippen LogP contribution in [0.3, 0.4) is 0 Å². The molecule has 44 heavy (non-hydrogen) atoms. The standard InChI is InChI=1S/C32H49N5O7/c1-8-26(38)35-25(15-14-23-16-17-33-28(23)39)36-29(40)24(18-20(2)3)34-30(41)27(21(4)44-32(5,6)7)37-31(42)43-19-22-12-10-9-11-13-22/h8-13,20-21,23-25,27H,1,14-19H2,2-7H3,(H,33,39)(H,34,41)(H,35,38)(H,36,40)(H,37,42)/t21-,23-,24+,25+,27+/m1/s1. The summed E-state index contributed by atoms with van der Waals surface area (Å²) in [7, 11) is 0. The maximum atomic E-state index is 13.7. The number of amides is 5. The highest BCUT2D eigenvalue weighted by Gasteiger charge is 2.34. The van der Waals surface area contributed by atoms with Crippen molar-refractivity contribution in [2.45, 2.75) is 104 Å². The summed E-state index contributed by atoms with van der Waals surface area (Å²) >= 11 is 0. The molecule has 1 aromatic carbocycles. The fourth-order valence-electron chi connectivity index (χ4n) is 4.85. The van der Waals surface area contributed by atoms with Crippen LogP contribution in [-0.4, -0.2) is 66.2 Å². The molecule has 5 atom stereocenters. The van der Waals surface area contributed by atoms with Crippen LogP contribution >= 0.6 is 0 Å². The van der Waals surface area contributed by atoms with Crippen molar-refractivity contribution in [2.75, 3.05) is 6.54 Å². The van der Waals surface area contributed by atoms with Crippen LogP contribution in [-0.2, 0) is 35.3 Å². The van der Waals surface area contributed by atoms with Gasteiger partial charge in [-0.25, -0.2) is 4.79 Å². The lowest BCUT2D eigenvalue weighted by Crippen LogP contribution is -2.60. The molecule has 244 valence electrons. The fraction of sp³-hybridized carbons (Fsp3) is 0.594. The molecule has 0 bridgehead atoms. The van der Waals surface area contributed by atoms with Crippen molar-refractivity contribution >= 4 is 29.7 Å². The van der Waals surface area contributed by atoms with E-state index in [4.69, 9.17) is 9.47 Å². The quantitative estimate of drug-likeness (QED) is 0.141. The van der Waals surface area contributed by atoms with E-state index in [0.717, 1.165) is 11.6 Å². The van der Waals surface area contributed by atoms with Crippen molar-refractivity contribution in [2.24, 2.45) is 11.8 Å². The van der Waals surface area contributed by atoms with Crippen molar-refractivity contribution in [3.05, 3.63) is 48.6 Å². The maximum absolute atomic E-state index is 13.7. The minimum absolute atomic E-state index is 0.00817. The number of nitrogens with one attached hydrogen (secondary N) is 5. The summed E-state index contributed by atoms with van der Waals surface area (Å²) in [6.45, 7) is 15.0. The van der Waals surface area contributed by atoms with Crippen LogP contribution in [0.2, 0.25) is 0 Å². The van der Waals surface area contributed by atoms with Gasteiger partial charge < -0.3 is 36.1 Å². The summed E-state index contributed by atoms with van der Waals surface area (Å²) in [6, 6.07) is 6.94. The number of alkyl carbamates (subject to hydrolysis) is 1. The zero-order valence-corrected chi connectivity index (χ0v) is 26.7. The molecule has 0 saturated carbocycles. The topological polar surface area (TPSA) is 164 Å². The predicted molar refractivity (Wildman–Crippen MR) is 166 cm³/mol. The van der Waals surface area contributed by atoms with Gasteiger partial charge in [-0.2, -0.15) is 0 Å². The van der Waals surface area contributed by atoms with Crippen molar-refractivity contribution in [1.29, 1.82) is 0 Å². The number of hydrogen-bond donors (Lipinski definition) is 5. The minimum atomic E-state index is -1.18. The van der Waals surface area contributed by atoms with Crippen LogP contribution < -0.4 is 26.6 Å². The van der Waals surface area contributed by atoms with Crippen LogP contribution in [0.4, 0.5) is 4.79 Å². The van der Waals surface area contributed by atoms with E-state index < -0.39 is 53.8 Å². The predicted octanol–water partition coefficient (Wildman–Crippen LogP) is 2.68. The van der Waals surface area contributed by atoms with Gasteiger partial charge in [-0.3, -0.25) is 19.2 Å². The van der Waals surface area contributed by atoms with Crippen molar-refractivity contribution < 1.29 is 33.4 Å². The second-order valence-electron chi connectivity index (χ2n) is 12.4. The Labute approximate surface area is 260 Å². The van der Waals surface area contributed by atoms with Gasteiger partial charge in [0.05, 0.1) is 11.7 Å². The number of hydrogen-bond acceptors (Lipinski definition) is 7. The van der Waals surface area contributed by atoms with Gasteiger partial charge in [0, 0.05) is 12.5 Å². The molecule has 1 heterocycles. The highest BCUT2D eigenvalue weighted by atomic mass is 16.6. The number of carbonyl (C=O) groups is 5. The van der Waals surface area contributed by atoms with Crippen molar-refractivity contribution in [3.8, 4) is 0 Å². The first-order valence-corrected chi connectivity index (χ1v) is 15.1. The normalized spacial score (nSPS) is 17.4. The first-order valence-electron chi connectivity index (χ1n) is 15.1. The van der Waals surface area contributed by atoms with E-state index in [-0.39, 0.29) is 30.8 Å². The van der Waals surface area contributed by atoms with E-state index in [2.05, 4.69) is 33.2 Å². The van der Waals surface area contributed by atoms with Crippen molar-refractivity contribution in [1.82, 2.24) is 26.6 Å². The molecule has 1 aliphatic heterocycles. The van der Waals surface area contributed by atoms with Gasteiger partial charge in [0.25, 0.3) is 0 Å². The Balaban J connectivity index is 2.17. The molecule has 1 fully saturated rings. The first-order chi connectivity index (χ1) is 20.7. The molecule has 0 aromatic heterocycles. The summed E-state index contributed by atoms with van der Waals surface area (Å²) in [5, 5.41) is 13.7. The SMILES string of the molecule is C=CC(=O)N[C@H](CC[C@@H]1CCNC1=O)NC(=O)[C@H](CC(C)C)NC(=O)[C@@H](NC(=O)OCc1ccccc1)[C@@H](C)OC(C)(C)C. The molecule has 0 radical (unpaired) electrons. The smallest absolute Gasteiger partial charge is 0.408 e. The van der Waals surface area contributed by atoms with E-state index in [1.807, 2.05) is 65.0 Å². The zero-order valence-electron chi connectivity index (χ0n) is 26.7. The monoisotopic (exact) mass is 615 g/mol. The fourth-order valence-corrected chi connectivity index (χ4v) is 4.85. The summed E-state index contributed by atoms with van der Waals surface area (Å²) in [5.41, 5.74) is 0.151. The summed E-state index contributed by atoms with van der Waals surface area (Å²) < 4.78 is 11.3. The third-order valence-electron chi connectivity index (χ3n) is 6.90. The van der Waals surface area contributed by atoms with Crippen LogP contribution in [0.25, 0.3) is 0 Å². The average molecular weight is 616 g/mol. The van der Waals surface area contributed by atoms with Gasteiger partial charge >= 0.3 is 6.09 Å². The lowest BCUT2D eigenvalue weighted by molar-refractivity contribution is -0.136. The molecule has 0 spiro atoms. The third kappa shape index (κ3) is 13.2. The Kier molecular flexibility index (Phi) is 14.3. The Morgan fingerprint density at radius 1 is 1.02 bits per heavy atom. The Hall–Kier alpha value is -3.93. The Bertz CT molecular complexity index is 1140. The number of carbonyl (C=O) groups excluding carboxylic acids is 5. The molecule has 1 saturated heterocycles. The molecule has 12 heteroatoms. The lowest BCUT2D eigenvalue weighted by Gasteiger charge is -2.32. The maximum Gasteiger partial charge on any atom is 0.408 e. The van der Waals surface area contributed by atoms with E-state index in [9.17, 15) is 24.0 Å². The molecule has 2 rings (SSSR count). The van der Waals surface area contributed by atoms with E-state index in [0.29, 0.717) is 25.8 Å². The molecule has 1 aromatic rings. The van der Waals surface area contributed by atoms with Crippen LogP contribution in [0.15, 0.2) is 43.0 Å². The molecule has 12 nitrogen and oxygen atoms in total. The molecular weight excluding hydrogens is 566 g/mol. The Morgan fingerprint density at radius 2 is 1.70 bits per heavy atom. The summed E-state index contributed by atoms with van der Waals surface area (Å²) in [6.07, 6.45) is 0.429. The van der Waals surface area contributed by atoms with Crippen LogP contribution in [0, 0.1) is 11.8 Å². The average Bonchev–Trinajstić information content (AvgIpc) is 3.36. The molecule has 5 N–H and O–H groups in total. The van der Waals surface area contributed by atoms with Gasteiger partial charge in [-0.1, -0.05) is 50.8 Å². The summed E-state index contributed by atoms with van der Waals surface area (Å²) in [5.74, 6) is -1.89. The lowest BCUT2D eigenvalue weighted by atomic mass is 9.99. The number of ether oxygens (including phenoxy) is 2. The Morgan fingerprint density at radius 3 is 2.27 bits per heavy atom. The number of benzene rings is 1. The molecule has 5 amide bonds. The van der Waals surface area contributed by atoms with Gasteiger partial charge in [-0.15, -0.1) is 0 Å². The van der Waals surface area contributed by atoms with E-state index >= 15 is 0 Å². The molecular formula is C32H49N5O7. The van der Waals surface area contributed by atoms with Gasteiger partial charge in [0.1, 0.15) is 24.9 Å². The molecule has 1 aliphatic rings. The van der Waals surface area contributed by atoms with Crippen LogP contribution in [0.1, 0.15) is 72.8 Å². The summed E-state index contributed by atoms with van der Waals surface area (Å²) in [4.78, 5) is 64.1. The second kappa shape index (κ2) is 17.4. The number of rotatable bonds is 16. The highest BCUT2D eigenvalue weighted by Crippen LogP contribution is 2.18. The second-order valence-corrected chi connectivity index (χ2v) is 12.4. The van der Waals surface area contributed by atoms with Gasteiger partial charge in [0.2, 0.25) is 23.6 Å². The third-order valence-corrected chi connectivity index (χ3v) is 6.90. The van der Waals surface area contributed by atoms with Crippen LogP contribution in [0.5, 0.6) is 0 Å². The largest absolute Gasteiger partial charge is 0.445 e. The first kappa shape index (κ1) is 36.3. The molecule has 0 aliphatic carbocycles. The van der Waals surface area contributed by atoms with Gasteiger partial charge in [0.15, 0.2) is 0 Å². The van der Waals surface area contributed by atoms with E-state index in [1.54, 1.807) is 6.92 Å². The minimum Gasteiger partial charge on any atom is -0.445 e. The van der Waals surface area contributed by atoms with Gasteiger partial charge in [-0.05, 0) is 70.9 Å². The highest BCUT2D eigenvalue weighted by molar-refractivity contribution is 5.92. The van der Waals surface area contributed by atoms with Crippen molar-refractivity contribution in [3.63, 3.8) is 0 Å². The molecule has 0 unspecified atom stereocenters. The zero-order chi connectivity index (χ0) is 32.9. The van der Waals surface area contributed by atoms with E-state index in [1.165, 1.54) is 0 Å².